The highest BCUT2D eigenvalue weighted by Crippen LogP contribution is 2.42. The van der Waals surface area contributed by atoms with Crippen molar-refractivity contribution in [1.82, 2.24) is 9.13 Å². The van der Waals surface area contributed by atoms with E-state index in [0.717, 1.165) is 5.69 Å². The summed E-state index contributed by atoms with van der Waals surface area (Å²) in [7, 11) is 2.19. The Morgan fingerprint density at radius 1 is 0.356 bits per heavy atom. The van der Waals surface area contributed by atoms with Gasteiger partial charge in [0.1, 0.15) is 0 Å². The quantitative estimate of drug-likeness (QED) is 0.198. The standard InChI is InChI=1S/C43H30N2/c1-44-40-25-7-5-19-34(40)36-21-11-23-38(42(36)44)39-24-12-22-37-35-20-6-8-26-41(35)45(43(37)39)33-18-10-17-32(28-33)31-16-9-15-30(27-31)29-13-3-2-4-14-29/h2-28H,1H3. The third-order valence-electron chi connectivity index (χ3n) is 9.32. The van der Waals surface area contributed by atoms with Crippen LogP contribution in [0.1, 0.15) is 0 Å². The van der Waals surface area contributed by atoms with Gasteiger partial charge in [-0.25, -0.2) is 0 Å². The van der Waals surface area contributed by atoms with Gasteiger partial charge < -0.3 is 9.13 Å². The van der Waals surface area contributed by atoms with Crippen LogP contribution in [0.5, 0.6) is 0 Å². The maximum atomic E-state index is 2.46. The van der Waals surface area contributed by atoms with Gasteiger partial charge in [-0.1, -0.05) is 133 Å². The Morgan fingerprint density at radius 3 is 1.60 bits per heavy atom. The third-order valence-corrected chi connectivity index (χ3v) is 9.32. The Hall–Kier alpha value is -5.86. The largest absolute Gasteiger partial charge is 0.343 e. The van der Waals surface area contributed by atoms with Crippen LogP contribution in [-0.4, -0.2) is 9.13 Å². The number of para-hydroxylation sites is 4. The van der Waals surface area contributed by atoms with Gasteiger partial charge in [-0.05, 0) is 52.6 Å². The zero-order chi connectivity index (χ0) is 29.9. The first-order valence-electron chi connectivity index (χ1n) is 15.5. The van der Waals surface area contributed by atoms with E-state index in [2.05, 4.69) is 180 Å². The molecule has 0 aliphatic rings. The number of aromatic nitrogens is 2. The fourth-order valence-corrected chi connectivity index (χ4v) is 7.29. The number of hydrogen-bond donors (Lipinski definition) is 0. The van der Waals surface area contributed by atoms with Gasteiger partial charge >= 0.3 is 0 Å². The van der Waals surface area contributed by atoms with Gasteiger partial charge in [0.15, 0.2) is 0 Å². The summed E-state index contributed by atoms with van der Waals surface area (Å²) in [4.78, 5) is 0. The third kappa shape index (κ3) is 3.96. The van der Waals surface area contributed by atoms with Gasteiger partial charge in [-0.2, -0.15) is 0 Å². The van der Waals surface area contributed by atoms with E-state index in [0.29, 0.717) is 0 Å². The smallest absolute Gasteiger partial charge is 0.0620 e. The van der Waals surface area contributed by atoms with Crippen molar-refractivity contribution in [2.45, 2.75) is 0 Å². The minimum Gasteiger partial charge on any atom is -0.343 e. The first-order chi connectivity index (χ1) is 22.3. The summed E-state index contributed by atoms with van der Waals surface area (Å²) < 4.78 is 4.82. The highest BCUT2D eigenvalue weighted by molar-refractivity contribution is 6.18. The minimum atomic E-state index is 1.15. The van der Waals surface area contributed by atoms with Gasteiger partial charge in [0.2, 0.25) is 0 Å². The van der Waals surface area contributed by atoms with Crippen LogP contribution in [-0.2, 0) is 7.05 Å². The summed E-state index contributed by atoms with van der Waals surface area (Å²) in [5, 5.41) is 5.09. The highest BCUT2D eigenvalue weighted by Gasteiger charge is 2.20. The molecular formula is C43H30N2. The molecule has 0 fully saturated rings. The predicted molar refractivity (Wildman–Crippen MR) is 191 cm³/mol. The second kappa shape index (κ2) is 10.1. The number of fused-ring (bicyclic) bond motifs is 6. The maximum Gasteiger partial charge on any atom is 0.0620 e. The number of hydrogen-bond acceptors (Lipinski definition) is 0. The van der Waals surface area contributed by atoms with Crippen molar-refractivity contribution in [3.05, 3.63) is 164 Å². The summed E-state index contributed by atoms with van der Waals surface area (Å²) >= 11 is 0. The zero-order valence-corrected chi connectivity index (χ0v) is 25.0. The molecule has 45 heavy (non-hydrogen) atoms. The van der Waals surface area contributed by atoms with Gasteiger partial charge in [-0.15, -0.1) is 0 Å². The van der Waals surface area contributed by atoms with Crippen molar-refractivity contribution in [2.24, 2.45) is 7.05 Å². The van der Waals surface area contributed by atoms with E-state index in [1.807, 2.05) is 0 Å². The monoisotopic (exact) mass is 574 g/mol. The number of aryl methyl sites for hydroxylation is 1. The normalized spacial score (nSPS) is 11.7. The van der Waals surface area contributed by atoms with Crippen molar-refractivity contribution in [3.8, 4) is 39.1 Å². The molecule has 2 nitrogen and oxygen atoms in total. The van der Waals surface area contributed by atoms with Gasteiger partial charge in [0, 0.05) is 50.9 Å². The first-order valence-corrected chi connectivity index (χ1v) is 15.5. The Kier molecular flexibility index (Phi) is 5.76. The molecule has 7 aromatic carbocycles. The SMILES string of the molecule is Cn1c2ccccc2c2cccc(-c3cccc4c5ccccc5n(-c5cccc(-c6cccc(-c7ccccc7)c6)c5)c34)c21. The lowest BCUT2D eigenvalue weighted by molar-refractivity contribution is 1.01. The molecule has 0 amide bonds. The maximum absolute atomic E-state index is 2.46. The second-order valence-corrected chi connectivity index (χ2v) is 11.8. The van der Waals surface area contributed by atoms with Crippen LogP contribution in [0.2, 0.25) is 0 Å². The fourth-order valence-electron chi connectivity index (χ4n) is 7.29. The van der Waals surface area contributed by atoms with Crippen LogP contribution in [0.15, 0.2) is 164 Å². The molecular weight excluding hydrogens is 544 g/mol. The molecule has 0 N–H and O–H groups in total. The molecule has 0 bridgehead atoms. The predicted octanol–water partition coefficient (Wildman–Crippen LogP) is 11.4. The average molecular weight is 575 g/mol. The van der Waals surface area contributed by atoms with E-state index < -0.39 is 0 Å². The van der Waals surface area contributed by atoms with Crippen LogP contribution < -0.4 is 0 Å². The van der Waals surface area contributed by atoms with E-state index in [9.17, 15) is 0 Å². The second-order valence-electron chi connectivity index (χ2n) is 11.8. The fraction of sp³-hybridized carbons (Fsp3) is 0.0233. The molecule has 0 atom stereocenters. The van der Waals surface area contributed by atoms with Gasteiger partial charge in [-0.3, -0.25) is 0 Å². The minimum absolute atomic E-state index is 1.15. The van der Waals surface area contributed by atoms with Crippen LogP contribution in [0, 0.1) is 0 Å². The average Bonchev–Trinajstić information content (AvgIpc) is 3.61. The lowest BCUT2D eigenvalue weighted by Crippen LogP contribution is -1.97. The van der Waals surface area contributed by atoms with Crippen LogP contribution in [0.4, 0.5) is 0 Å². The molecule has 212 valence electrons. The molecule has 9 rings (SSSR count). The molecule has 0 spiro atoms. The van der Waals surface area contributed by atoms with Crippen molar-refractivity contribution in [3.63, 3.8) is 0 Å². The number of benzene rings is 7. The van der Waals surface area contributed by atoms with Crippen molar-refractivity contribution >= 4 is 43.6 Å². The molecule has 0 aliphatic carbocycles. The Morgan fingerprint density at radius 2 is 0.844 bits per heavy atom. The highest BCUT2D eigenvalue weighted by atomic mass is 15.0. The summed E-state index contributed by atoms with van der Waals surface area (Å²) in [5.41, 5.74) is 13.4. The molecule has 0 saturated heterocycles. The van der Waals surface area contributed by atoms with Crippen LogP contribution >= 0.6 is 0 Å². The summed E-state index contributed by atoms with van der Waals surface area (Å²) in [6.07, 6.45) is 0. The Labute approximate surface area is 262 Å². The van der Waals surface area contributed by atoms with Crippen LogP contribution in [0.25, 0.3) is 82.7 Å². The van der Waals surface area contributed by atoms with E-state index in [-0.39, 0.29) is 0 Å². The number of nitrogens with zero attached hydrogens (tertiary/aromatic N) is 2. The molecule has 2 aromatic heterocycles. The summed E-state index contributed by atoms with van der Waals surface area (Å²) in [6, 6.07) is 59.5. The lowest BCUT2D eigenvalue weighted by Gasteiger charge is -2.14. The molecule has 0 radical (unpaired) electrons. The molecule has 2 heteroatoms. The topological polar surface area (TPSA) is 9.86 Å². The zero-order valence-electron chi connectivity index (χ0n) is 25.0. The molecule has 0 saturated carbocycles. The first kappa shape index (κ1) is 25.6. The molecule has 9 aromatic rings. The van der Waals surface area contributed by atoms with E-state index in [1.165, 1.54) is 77.0 Å². The van der Waals surface area contributed by atoms with Crippen molar-refractivity contribution in [2.75, 3.05) is 0 Å². The van der Waals surface area contributed by atoms with E-state index in [4.69, 9.17) is 0 Å². The van der Waals surface area contributed by atoms with Gasteiger partial charge in [0.25, 0.3) is 0 Å². The number of rotatable bonds is 4. The van der Waals surface area contributed by atoms with Crippen molar-refractivity contribution in [1.29, 1.82) is 0 Å². The lowest BCUT2D eigenvalue weighted by atomic mass is 9.98. The van der Waals surface area contributed by atoms with E-state index in [1.54, 1.807) is 0 Å². The molecule has 0 unspecified atom stereocenters. The van der Waals surface area contributed by atoms with Gasteiger partial charge in [0.05, 0.1) is 16.6 Å². The summed E-state index contributed by atoms with van der Waals surface area (Å²) in [6.45, 7) is 0. The van der Waals surface area contributed by atoms with Crippen LogP contribution in [0.3, 0.4) is 0 Å². The molecule has 2 heterocycles. The van der Waals surface area contributed by atoms with Crippen molar-refractivity contribution < 1.29 is 0 Å². The molecule has 0 aliphatic heterocycles. The Bertz CT molecular complexity index is 2550. The van der Waals surface area contributed by atoms with E-state index >= 15 is 0 Å². The Balaban J connectivity index is 1.31. The summed E-state index contributed by atoms with van der Waals surface area (Å²) in [5.74, 6) is 0.